The van der Waals surface area contributed by atoms with Gasteiger partial charge in [0, 0.05) is 36.8 Å². The van der Waals surface area contributed by atoms with E-state index in [4.69, 9.17) is 9.47 Å². The number of hydrogen-bond acceptors (Lipinski definition) is 3. The van der Waals surface area contributed by atoms with Crippen molar-refractivity contribution in [2.45, 2.75) is 19.4 Å². The molecule has 156 valence electrons. The summed E-state index contributed by atoms with van der Waals surface area (Å²) >= 11 is 0. The fourth-order valence-electron chi connectivity index (χ4n) is 3.06. The van der Waals surface area contributed by atoms with Crippen LogP contribution in [0.5, 0.6) is 11.5 Å². The van der Waals surface area contributed by atoms with Gasteiger partial charge >= 0.3 is 0 Å². The molecule has 0 saturated heterocycles. The van der Waals surface area contributed by atoms with Gasteiger partial charge in [0.05, 0.1) is 13.7 Å². The minimum Gasteiger partial charge on any atom is -0.497 e. The Balaban J connectivity index is 0.00000300. The molecule has 3 aromatic rings. The maximum atomic E-state index is 5.93. The lowest BCUT2D eigenvalue weighted by Crippen LogP contribution is -2.42. The minimum atomic E-state index is -0.0146. The molecule has 1 heterocycles. The van der Waals surface area contributed by atoms with Crippen LogP contribution >= 0.6 is 24.0 Å². The maximum Gasteiger partial charge on any atom is 0.191 e. The number of fused-ring (bicyclic) bond motifs is 1. The average molecular weight is 508 g/mol. The molecule has 0 aliphatic rings. The summed E-state index contributed by atoms with van der Waals surface area (Å²) in [6.45, 7) is 3.46. The quantitative estimate of drug-likeness (QED) is 0.245. The van der Waals surface area contributed by atoms with Crippen molar-refractivity contribution in [1.29, 1.82) is 0 Å². The summed E-state index contributed by atoms with van der Waals surface area (Å²) in [6.07, 6.45) is 2.98. The molecule has 1 aromatic heterocycles. The third-order valence-corrected chi connectivity index (χ3v) is 4.52. The number of aromatic amines is 1. The van der Waals surface area contributed by atoms with Crippen molar-refractivity contribution in [3.8, 4) is 11.5 Å². The lowest BCUT2D eigenvalue weighted by molar-refractivity contribution is 0.223. The molecule has 0 bridgehead atoms. The Labute approximate surface area is 189 Å². The van der Waals surface area contributed by atoms with Crippen LogP contribution in [-0.4, -0.2) is 44.3 Å². The number of guanidine groups is 1. The Hall–Kier alpha value is -2.42. The van der Waals surface area contributed by atoms with Crippen molar-refractivity contribution in [1.82, 2.24) is 15.6 Å². The zero-order chi connectivity index (χ0) is 19.8. The number of aliphatic imine (C=N–C) groups is 1. The topological polar surface area (TPSA) is 70.7 Å². The van der Waals surface area contributed by atoms with Gasteiger partial charge in [0.25, 0.3) is 0 Å². The molecule has 0 spiro atoms. The van der Waals surface area contributed by atoms with Crippen LogP contribution in [-0.2, 0) is 6.42 Å². The van der Waals surface area contributed by atoms with Gasteiger partial charge in [-0.3, -0.25) is 4.99 Å². The van der Waals surface area contributed by atoms with E-state index in [2.05, 4.69) is 45.0 Å². The number of para-hydroxylation sites is 1. The van der Waals surface area contributed by atoms with Gasteiger partial charge in [-0.25, -0.2) is 0 Å². The van der Waals surface area contributed by atoms with Gasteiger partial charge in [-0.05, 0) is 37.1 Å². The Kier molecular flexibility index (Phi) is 9.11. The smallest absolute Gasteiger partial charge is 0.191 e. The van der Waals surface area contributed by atoms with Crippen molar-refractivity contribution in [2.75, 3.05) is 27.2 Å². The summed E-state index contributed by atoms with van der Waals surface area (Å²) in [5.74, 6) is 2.34. The predicted octanol–water partition coefficient (Wildman–Crippen LogP) is 3.97. The first-order valence-electron chi connectivity index (χ1n) is 9.50. The number of H-pyrrole nitrogens is 1. The molecule has 1 atom stereocenters. The van der Waals surface area contributed by atoms with Crippen molar-refractivity contribution in [3.05, 3.63) is 60.3 Å². The van der Waals surface area contributed by atoms with Crippen molar-refractivity contribution in [3.63, 3.8) is 0 Å². The van der Waals surface area contributed by atoms with Crippen molar-refractivity contribution >= 4 is 40.8 Å². The van der Waals surface area contributed by atoms with E-state index in [0.29, 0.717) is 6.54 Å². The molecule has 0 radical (unpaired) electrons. The van der Waals surface area contributed by atoms with E-state index in [-0.39, 0.29) is 30.1 Å². The molecular formula is C22H29IN4O2. The van der Waals surface area contributed by atoms with Gasteiger partial charge in [0.1, 0.15) is 17.6 Å². The summed E-state index contributed by atoms with van der Waals surface area (Å²) in [5, 5.41) is 7.94. The third-order valence-electron chi connectivity index (χ3n) is 4.52. The lowest BCUT2D eigenvalue weighted by atomic mass is 10.1. The van der Waals surface area contributed by atoms with Gasteiger partial charge in [-0.1, -0.05) is 24.3 Å². The predicted molar refractivity (Wildman–Crippen MR) is 130 cm³/mol. The highest BCUT2D eigenvalue weighted by atomic mass is 127. The molecule has 0 aliphatic carbocycles. The fraction of sp³-hybridized carbons (Fsp3) is 0.318. The molecule has 1 unspecified atom stereocenters. The molecule has 29 heavy (non-hydrogen) atoms. The van der Waals surface area contributed by atoms with Gasteiger partial charge in [0.2, 0.25) is 0 Å². The van der Waals surface area contributed by atoms with Gasteiger partial charge < -0.3 is 25.1 Å². The Bertz CT molecular complexity index is 926. The molecule has 7 heteroatoms. The molecule has 2 aromatic carbocycles. The molecule has 0 saturated carbocycles. The number of nitrogens with one attached hydrogen (secondary N) is 3. The number of aromatic nitrogens is 1. The second kappa shape index (κ2) is 11.5. The zero-order valence-corrected chi connectivity index (χ0v) is 19.4. The fourth-order valence-corrected chi connectivity index (χ4v) is 3.06. The molecule has 3 N–H and O–H groups in total. The zero-order valence-electron chi connectivity index (χ0n) is 17.1. The normalized spacial score (nSPS) is 12.2. The van der Waals surface area contributed by atoms with Crippen LogP contribution in [0.25, 0.3) is 10.9 Å². The second-order valence-corrected chi connectivity index (χ2v) is 6.60. The summed E-state index contributed by atoms with van der Waals surface area (Å²) < 4.78 is 11.2. The number of benzene rings is 2. The summed E-state index contributed by atoms with van der Waals surface area (Å²) in [7, 11) is 3.42. The van der Waals surface area contributed by atoms with E-state index in [0.717, 1.165) is 30.4 Å². The van der Waals surface area contributed by atoms with E-state index in [9.17, 15) is 0 Å². The lowest BCUT2D eigenvalue weighted by Gasteiger charge is -2.18. The second-order valence-electron chi connectivity index (χ2n) is 6.60. The van der Waals surface area contributed by atoms with Crippen LogP contribution in [0.3, 0.4) is 0 Å². The van der Waals surface area contributed by atoms with E-state index >= 15 is 0 Å². The largest absolute Gasteiger partial charge is 0.497 e. The van der Waals surface area contributed by atoms with Gasteiger partial charge in [0.15, 0.2) is 5.96 Å². The number of halogens is 1. The first-order chi connectivity index (χ1) is 13.7. The van der Waals surface area contributed by atoms with E-state index < -0.39 is 0 Å². The van der Waals surface area contributed by atoms with Crippen LogP contribution < -0.4 is 20.1 Å². The number of rotatable bonds is 8. The Morgan fingerprint density at radius 2 is 1.90 bits per heavy atom. The molecule has 6 nitrogen and oxygen atoms in total. The maximum absolute atomic E-state index is 5.93. The monoisotopic (exact) mass is 508 g/mol. The van der Waals surface area contributed by atoms with Gasteiger partial charge in [-0.2, -0.15) is 0 Å². The van der Waals surface area contributed by atoms with Crippen molar-refractivity contribution < 1.29 is 9.47 Å². The SMILES string of the molecule is CN=C(NCCc1c[nH]c2ccccc12)NCC(C)Oc1cccc(OC)c1.I. The average Bonchev–Trinajstić information content (AvgIpc) is 3.14. The molecule has 0 aliphatic heterocycles. The number of hydrogen-bond donors (Lipinski definition) is 3. The van der Waals surface area contributed by atoms with Crippen LogP contribution in [0.4, 0.5) is 0 Å². The summed E-state index contributed by atoms with van der Waals surface area (Å²) in [4.78, 5) is 7.60. The van der Waals surface area contributed by atoms with Crippen molar-refractivity contribution in [2.24, 2.45) is 4.99 Å². The van der Waals surface area contributed by atoms with E-state index in [1.54, 1.807) is 14.2 Å². The molecule has 3 rings (SSSR count). The highest BCUT2D eigenvalue weighted by Crippen LogP contribution is 2.20. The first kappa shape index (κ1) is 22.9. The van der Waals surface area contributed by atoms with Crippen LogP contribution in [0, 0.1) is 0 Å². The first-order valence-corrected chi connectivity index (χ1v) is 9.50. The Morgan fingerprint density at radius 3 is 2.69 bits per heavy atom. The highest BCUT2D eigenvalue weighted by molar-refractivity contribution is 14.0. The number of ether oxygens (including phenoxy) is 2. The standard InChI is InChI=1S/C22H28N4O2.HI/c1-16(28-19-8-6-7-18(13-19)27-3)14-26-22(23-2)24-12-11-17-15-25-21-10-5-4-9-20(17)21;/h4-10,13,15-16,25H,11-12,14H2,1-3H3,(H2,23,24,26);1H. The van der Waals surface area contributed by atoms with Crippen LogP contribution in [0.15, 0.2) is 59.7 Å². The van der Waals surface area contributed by atoms with Crippen LogP contribution in [0.1, 0.15) is 12.5 Å². The van der Waals surface area contributed by atoms with E-state index in [1.807, 2.05) is 37.3 Å². The van der Waals surface area contributed by atoms with Gasteiger partial charge in [-0.15, -0.1) is 24.0 Å². The van der Waals surface area contributed by atoms with E-state index in [1.165, 1.54) is 16.5 Å². The molecule has 0 amide bonds. The Morgan fingerprint density at radius 1 is 1.10 bits per heavy atom. The van der Waals surface area contributed by atoms with Crippen LogP contribution in [0.2, 0.25) is 0 Å². The molecule has 0 fully saturated rings. The molecular weight excluding hydrogens is 479 g/mol. The third kappa shape index (κ3) is 6.56. The summed E-state index contributed by atoms with van der Waals surface area (Å²) in [5.41, 5.74) is 2.47. The number of nitrogens with zero attached hydrogens (tertiary/aromatic N) is 1. The summed E-state index contributed by atoms with van der Waals surface area (Å²) in [6, 6.07) is 16.0. The highest BCUT2D eigenvalue weighted by Gasteiger charge is 2.07. The minimum absolute atomic E-state index is 0. The number of methoxy groups -OCH3 is 1.